The fourth-order valence-electron chi connectivity index (χ4n) is 2.33. The molecule has 2 unspecified atom stereocenters. The lowest BCUT2D eigenvalue weighted by atomic mass is 10.1. The Morgan fingerprint density at radius 2 is 1.86 bits per heavy atom. The third-order valence-electron chi connectivity index (χ3n) is 3.49. The molecular weight excluding hydrogens is 272 g/mol. The van der Waals surface area contributed by atoms with Gasteiger partial charge < -0.3 is 14.7 Å². The van der Waals surface area contributed by atoms with E-state index in [1.165, 1.54) is 0 Å². The Kier molecular flexibility index (Phi) is 5.30. The van der Waals surface area contributed by atoms with Crippen LogP contribution >= 0.6 is 0 Å². The van der Waals surface area contributed by atoms with Gasteiger partial charge in [0.15, 0.2) is 0 Å². The number of ether oxygens (including phenoxy) is 1. The standard InChI is InChI=1S/C15H20N2O4/c1-11(14(18)17-7-9-21-10-8-17)16-13(15(19)20)12-5-3-2-4-6-12/h2-6,11,13,16H,7-10H2,1H3,(H,19,20). The van der Waals surface area contributed by atoms with Crippen molar-refractivity contribution in [2.24, 2.45) is 0 Å². The fraction of sp³-hybridized carbons (Fsp3) is 0.467. The molecule has 0 aromatic heterocycles. The zero-order valence-electron chi connectivity index (χ0n) is 12.0. The number of benzene rings is 1. The molecule has 1 fully saturated rings. The normalized spacial score (nSPS) is 18.0. The monoisotopic (exact) mass is 292 g/mol. The Bertz CT molecular complexity index is 486. The second-order valence-corrected chi connectivity index (χ2v) is 5.01. The van der Waals surface area contributed by atoms with Crippen LogP contribution < -0.4 is 5.32 Å². The Balaban J connectivity index is 2.03. The zero-order chi connectivity index (χ0) is 15.2. The summed E-state index contributed by atoms with van der Waals surface area (Å²) in [7, 11) is 0. The molecule has 1 aliphatic heterocycles. The summed E-state index contributed by atoms with van der Waals surface area (Å²) in [6.45, 7) is 3.84. The second-order valence-electron chi connectivity index (χ2n) is 5.01. The highest BCUT2D eigenvalue weighted by Crippen LogP contribution is 2.14. The number of aliphatic carboxylic acids is 1. The minimum absolute atomic E-state index is 0.0968. The number of rotatable bonds is 5. The van der Waals surface area contributed by atoms with E-state index in [-0.39, 0.29) is 5.91 Å². The minimum Gasteiger partial charge on any atom is -0.480 e. The Morgan fingerprint density at radius 1 is 1.24 bits per heavy atom. The number of carboxylic acids is 1. The first-order chi connectivity index (χ1) is 10.1. The molecule has 1 aliphatic rings. The lowest BCUT2D eigenvalue weighted by Crippen LogP contribution is -2.50. The number of carbonyl (C=O) groups excluding carboxylic acids is 1. The lowest BCUT2D eigenvalue weighted by Gasteiger charge is -2.30. The molecule has 0 saturated carbocycles. The average molecular weight is 292 g/mol. The second kappa shape index (κ2) is 7.19. The molecule has 1 saturated heterocycles. The maximum atomic E-state index is 12.3. The topological polar surface area (TPSA) is 78.9 Å². The van der Waals surface area contributed by atoms with Crippen LogP contribution in [0.15, 0.2) is 30.3 Å². The van der Waals surface area contributed by atoms with Crippen molar-refractivity contribution in [1.82, 2.24) is 10.2 Å². The molecule has 21 heavy (non-hydrogen) atoms. The summed E-state index contributed by atoms with van der Waals surface area (Å²) in [5, 5.41) is 12.3. The van der Waals surface area contributed by atoms with Crippen molar-refractivity contribution in [3.8, 4) is 0 Å². The molecule has 1 heterocycles. The third kappa shape index (κ3) is 4.03. The summed E-state index contributed by atoms with van der Waals surface area (Å²) in [6, 6.07) is 7.39. The molecule has 1 aromatic carbocycles. The van der Waals surface area contributed by atoms with Crippen LogP contribution in [0.4, 0.5) is 0 Å². The van der Waals surface area contributed by atoms with E-state index in [0.29, 0.717) is 31.9 Å². The van der Waals surface area contributed by atoms with E-state index in [0.717, 1.165) is 0 Å². The Morgan fingerprint density at radius 3 is 2.43 bits per heavy atom. The molecule has 6 heteroatoms. The van der Waals surface area contributed by atoms with E-state index in [2.05, 4.69) is 5.32 Å². The van der Waals surface area contributed by atoms with Crippen LogP contribution in [0.5, 0.6) is 0 Å². The van der Waals surface area contributed by atoms with E-state index in [1.807, 2.05) is 6.07 Å². The van der Waals surface area contributed by atoms with E-state index in [4.69, 9.17) is 4.74 Å². The van der Waals surface area contributed by atoms with Crippen molar-refractivity contribution in [1.29, 1.82) is 0 Å². The van der Waals surface area contributed by atoms with Crippen LogP contribution in [0, 0.1) is 0 Å². The van der Waals surface area contributed by atoms with Crippen LogP contribution in [-0.2, 0) is 14.3 Å². The van der Waals surface area contributed by atoms with Gasteiger partial charge in [0.05, 0.1) is 19.3 Å². The number of nitrogens with zero attached hydrogens (tertiary/aromatic N) is 1. The molecule has 0 radical (unpaired) electrons. The minimum atomic E-state index is -0.997. The number of nitrogens with one attached hydrogen (secondary N) is 1. The van der Waals surface area contributed by atoms with Gasteiger partial charge >= 0.3 is 5.97 Å². The van der Waals surface area contributed by atoms with E-state index >= 15 is 0 Å². The maximum absolute atomic E-state index is 12.3. The molecule has 0 bridgehead atoms. The predicted octanol–water partition coefficient (Wildman–Crippen LogP) is 0.649. The molecular formula is C15H20N2O4. The highest BCUT2D eigenvalue weighted by atomic mass is 16.5. The number of amides is 1. The van der Waals surface area contributed by atoms with E-state index in [1.54, 1.807) is 36.1 Å². The van der Waals surface area contributed by atoms with Gasteiger partial charge in [0.1, 0.15) is 6.04 Å². The summed E-state index contributed by atoms with van der Waals surface area (Å²) in [4.78, 5) is 25.4. The molecule has 1 aromatic rings. The number of morpholine rings is 1. The lowest BCUT2D eigenvalue weighted by molar-refractivity contribution is -0.141. The molecule has 2 N–H and O–H groups in total. The highest BCUT2D eigenvalue weighted by molar-refractivity contribution is 5.83. The van der Waals surface area contributed by atoms with Crippen LogP contribution in [0.3, 0.4) is 0 Å². The van der Waals surface area contributed by atoms with Crippen LogP contribution in [0.25, 0.3) is 0 Å². The molecule has 2 rings (SSSR count). The van der Waals surface area contributed by atoms with Gasteiger partial charge in [-0.3, -0.25) is 14.9 Å². The van der Waals surface area contributed by atoms with Crippen LogP contribution in [0.2, 0.25) is 0 Å². The summed E-state index contributed by atoms with van der Waals surface area (Å²) in [5.74, 6) is -1.09. The zero-order valence-corrected chi connectivity index (χ0v) is 12.0. The number of hydrogen-bond acceptors (Lipinski definition) is 4. The summed E-state index contributed by atoms with van der Waals surface area (Å²) >= 11 is 0. The molecule has 6 nitrogen and oxygen atoms in total. The van der Waals surface area contributed by atoms with E-state index < -0.39 is 18.1 Å². The van der Waals surface area contributed by atoms with Gasteiger partial charge in [0.25, 0.3) is 0 Å². The van der Waals surface area contributed by atoms with Gasteiger partial charge in [0.2, 0.25) is 5.91 Å². The molecule has 1 amide bonds. The Hall–Kier alpha value is -1.92. The predicted molar refractivity (Wildman–Crippen MR) is 76.8 cm³/mol. The van der Waals surface area contributed by atoms with Crippen molar-refractivity contribution < 1.29 is 19.4 Å². The average Bonchev–Trinajstić information content (AvgIpc) is 2.53. The van der Waals surface area contributed by atoms with Gasteiger partial charge in [-0.2, -0.15) is 0 Å². The summed E-state index contributed by atoms with van der Waals surface area (Å²) < 4.78 is 5.21. The van der Waals surface area contributed by atoms with Gasteiger partial charge in [-0.05, 0) is 12.5 Å². The quantitative estimate of drug-likeness (QED) is 0.833. The third-order valence-corrected chi connectivity index (χ3v) is 3.49. The molecule has 114 valence electrons. The molecule has 0 aliphatic carbocycles. The van der Waals surface area contributed by atoms with Gasteiger partial charge in [-0.15, -0.1) is 0 Å². The number of carboxylic acid groups (broad SMARTS) is 1. The highest BCUT2D eigenvalue weighted by Gasteiger charge is 2.27. The van der Waals surface area contributed by atoms with Gasteiger partial charge in [0, 0.05) is 13.1 Å². The number of carbonyl (C=O) groups is 2. The number of hydrogen-bond donors (Lipinski definition) is 2. The van der Waals surface area contributed by atoms with Crippen molar-refractivity contribution in [3.63, 3.8) is 0 Å². The van der Waals surface area contributed by atoms with E-state index in [9.17, 15) is 14.7 Å². The van der Waals surface area contributed by atoms with Crippen molar-refractivity contribution in [2.45, 2.75) is 19.0 Å². The van der Waals surface area contributed by atoms with Crippen LogP contribution in [0.1, 0.15) is 18.5 Å². The molecule has 0 spiro atoms. The fourth-order valence-corrected chi connectivity index (χ4v) is 2.33. The Labute approximate surface area is 123 Å². The maximum Gasteiger partial charge on any atom is 0.325 e. The van der Waals surface area contributed by atoms with Gasteiger partial charge in [-0.25, -0.2) is 0 Å². The van der Waals surface area contributed by atoms with Crippen molar-refractivity contribution in [2.75, 3.05) is 26.3 Å². The SMILES string of the molecule is CC(NC(C(=O)O)c1ccccc1)C(=O)N1CCOCC1. The first kappa shape index (κ1) is 15.5. The largest absolute Gasteiger partial charge is 0.480 e. The summed E-state index contributed by atoms with van der Waals surface area (Å²) in [5.41, 5.74) is 0.631. The first-order valence-electron chi connectivity index (χ1n) is 7.00. The van der Waals surface area contributed by atoms with Gasteiger partial charge in [-0.1, -0.05) is 30.3 Å². The summed E-state index contributed by atoms with van der Waals surface area (Å²) in [6.07, 6.45) is 0. The van der Waals surface area contributed by atoms with Crippen molar-refractivity contribution in [3.05, 3.63) is 35.9 Å². The van der Waals surface area contributed by atoms with Crippen LogP contribution in [-0.4, -0.2) is 54.2 Å². The molecule has 2 atom stereocenters. The van der Waals surface area contributed by atoms with Crippen molar-refractivity contribution >= 4 is 11.9 Å². The first-order valence-corrected chi connectivity index (χ1v) is 7.00. The smallest absolute Gasteiger partial charge is 0.325 e.